The summed E-state index contributed by atoms with van der Waals surface area (Å²) in [5, 5.41) is 6.59. The molecule has 2 aromatic rings. The number of rotatable bonds is 4. The van der Waals surface area contributed by atoms with Crippen LogP contribution in [-0.2, 0) is 4.79 Å². The number of nitrogens with zero attached hydrogens (tertiary/aromatic N) is 2. The van der Waals surface area contributed by atoms with Crippen LogP contribution in [0.2, 0.25) is 0 Å². The van der Waals surface area contributed by atoms with Gasteiger partial charge in [0, 0.05) is 30.6 Å². The van der Waals surface area contributed by atoms with Gasteiger partial charge in [-0.05, 0) is 42.0 Å². The van der Waals surface area contributed by atoms with Gasteiger partial charge < -0.3 is 11.1 Å². The maximum atomic E-state index is 10.8. The van der Waals surface area contributed by atoms with E-state index in [1.807, 2.05) is 17.6 Å². The van der Waals surface area contributed by atoms with Crippen molar-refractivity contribution in [1.82, 2.24) is 15.8 Å². The molecule has 1 aromatic carbocycles. The van der Waals surface area contributed by atoms with E-state index >= 15 is 0 Å². The molecule has 0 atom stereocenters. The Bertz CT molecular complexity index is 764. The number of nitrogens with two attached hydrogens (primary N) is 2. The summed E-state index contributed by atoms with van der Waals surface area (Å²) in [6.45, 7) is 1.46. The van der Waals surface area contributed by atoms with Crippen molar-refractivity contribution in [3.8, 4) is 0 Å². The molecule has 0 aliphatic carbocycles. The molecule has 0 bridgehead atoms. The number of carbonyl (C=O) groups is 2. The van der Waals surface area contributed by atoms with E-state index in [0.29, 0.717) is 5.56 Å². The van der Waals surface area contributed by atoms with Crippen LogP contribution in [0.3, 0.4) is 0 Å². The molecule has 9 nitrogen and oxygen atoms in total. The minimum atomic E-state index is -0.303. The zero-order valence-corrected chi connectivity index (χ0v) is 14.8. The lowest BCUT2D eigenvalue weighted by Gasteiger charge is -2.01. The average Bonchev–Trinajstić information content (AvgIpc) is 2.63. The van der Waals surface area contributed by atoms with Crippen LogP contribution >= 0.6 is 12.2 Å². The van der Waals surface area contributed by atoms with Gasteiger partial charge in [-0.15, -0.1) is 0 Å². The number of aromatic nitrogens is 1. The van der Waals surface area contributed by atoms with Crippen molar-refractivity contribution in [2.45, 2.75) is 6.92 Å². The zero-order valence-electron chi connectivity index (χ0n) is 14.0. The fourth-order valence-corrected chi connectivity index (χ4v) is 1.67. The lowest BCUT2D eigenvalue weighted by atomic mass is 10.2. The summed E-state index contributed by atoms with van der Waals surface area (Å²) in [6.07, 6.45) is 4.64. The number of pyridine rings is 1. The van der Waals surface area contributed by atoms with E-state index in [2.05, 4.69) is 33.0 Å². The summed E-state index contributed by atoms with van der Waals surface area (Å²) in [4.78, 5) is 25.3. The molecule has 26 heavy (non-hydrogen) atoms. The van der Waals surface area contributed by atoms with E-state index in [0.717, 1.165) is 11.3 Å². The van der Waals surface area contributed by atoms with Gasteiger partial charge in [0.25, 0.3) is 5.91 Å². The molecule has 1 aromatic heterocycles. The Labute approximate surface area is 155 Å². The zero-order chi connectivity index (χ0) is 19.4. The topological polar surface area (TPSA) is 148 Å². The summed E-state index contributed by atoms with van der Waals surface area (Å²) in [5.74, 6) is 4.48. The monoisotopic (exact) mass is 373 g/mol. The number of carbonyl (C=O) groups excluding carboxylic acids is 2. The Kier molecular flexibility index (Phi) is 8.93. The van der Waals surface area contributed by atoms with Gasteiger partial charge in [0.15, 0.2) is 5.11 Å². The molecule has 0 unspecified atom stereocenters. The number of thiocarbonyl (C=S) groups is 1. The number of anilines is 1. The first-order chi connectivity index (χ1) is 12.4. The average molecular weight is 373 g/mol. The number of amides is 2. The minimum absolute atomic E-state index is 0.100. The number of nitrogen functional groups attached to an aromatic ring is 1. The second kappa shape index (κ2) is 11.2. The van der Waals surface area contributed by atoms with Crippen molar-refractivity contribution >= 4 is 41.0 Å². The Morgan fingerprint density at radius 1 is 1.15 bits per heavy atom. The van der Waals surface area contributed by atoms with Crippen molar-refractivity contribution in [1.29, 1.82) is 0 Å². The molecule has 7 N–H and O–H groups in total. The van der Waals surface area contributed by atoms with Gasteiger partial charge in [-0.3, -0.25) is 25.4 Å². The Morgan fingerprint density at radius 2 is 1.77 bits per heavy atom. The highest BCUT2D eigenvalue weighted by Gasteiger charge is 1.99. The quantitative estimate of drug-likeness (QED) is 0.172. The third kappa shape index (κ3) is 8.47. The van der Waals surface area contributed by atoms with Gasteiger partial charge in [0.2, 0.25) is 5.91 Å². The number of nitrogens with one attached hydrogen (secondary N) is 3. The van der Waals surface area contributed by atoms with E-state index in [-0.39, 0.29) is 16.9 Å². The molecule has 0 spiro atoms. The molecule has 2 rings (SSSR count). The fourth-order valence-electron chi connectivity index (χ4n) is 1.61. The molecular formula is C16H19N7O2S. The molecule has 0 saturated heterocycles. The highest BCUT2D eigenvalue weighted by atomic mass is 32.1. The van der Waals surface area contributed by atoms with Gasteiger partial charge in [-0.2, -0.15) is 5.10 Å². The van der Waals surface area contributed by atoms with Crippen LogP contribution in [0.15, 0.2) is 53.9 Å². The van der Waals surface area contributed by atoms with Crippen molar-refractivity contribution < 1.29 is 9.59 Å². The van der Waals surface area contributed by atoms with Crippen LogP contribution in [0.1, 0.15) is 22.8 Å². The lowest BCUT2D eigenvalue weighted by Crippen LogP contribution is -2.29. The highest BCUT2D eigenvalue weighted by molar-refractivity contribution is 7.80. The summed E-state index contributed by atoms with van der Waals surface area (Å²) in [7, 11) is 0. The van der Waals surface area contributed by atoms with Gasteiger partial charge in [-0.1, -0.05) is 12.1 Å². The molecule has 0 saturated carbocycles. The van der Waals surface area contributed by atoms with E-state index in [1.165, 1.54) is 19.3 Å². The number of hydrogen-bond acceptors (Lipinski definition) is 6. The first-order valence-corrected chi connectivity index (χ1v) is 7.70. The Hall–Kier alpha value is -3.37. The summed E-state index contributed by atoms with van der Waals surface area (Å²) >= 11 is 4.58. The molecule has 0 aliphatic rings. The van der Waals surface area contributed by atoms with E-state index in [9.17, 15) is 9.59 Å². The van der Waals surface area contributed by atoms with Crippen LogP contribution < -0.4 is 27.7 Å². The second-order valence-electron chi connectivity index (χ2n) is 4.75. The number of hydrogen-bond donors (Lipinski definition) is 5. The summed E-state index contributed by atoms with van der Waals surface area (Å²) < 4.78 is 0. The van der Waals surface area contributed by atoms with Gasteiger partial charge in [0.1, 0.15) is 0 Å². The van der Waals surface area contributed by atoms with Crippen molar-refractivity contribution in [2.75, 3.05) is 5.32 Å². The lowest BCUT2D eigenvalue weighted by molar-refractivity contribution is -0.114. The molecule has 0 radical (unpaired) electrons. The maximum absolute atomic E-state index is 10.8. The molecule has 136 valence electrons. The third-order valence-corrected chi connectivity index (χ3v) is 2.78. The molecular weight excluding hydrogens is 354 g/mol. The largest absolute Gasteiger partial charge is 0.375 e. The van der Waals surface area contributed by atoms with Crippen LogP contribution in [-0.4, -0.2) is 28.1 Å². The standard InChI is InChI=1S/C10H12N4OS.C6H7N3O/c1-7(15)13-9-4-2-8(3-5-9)6-12-14-10(11)16;7-9-6(10)5-1-3-8-4-2-5/h2-6H,1H3,(H,13,15)(H3,11,14,16);1-4H,7H2,(H,9,10)/b12-6+;. The van der Waals surface area contributed by atoms with Gasteiger partial charge >= 0.3 is 0 Å². The molecule has 1 heterocycles. The van der Waals surface area contributed by atoms with Crippen LogP contribution in [0.4, 0.5) is 5.69 Å². The highest BCUT2D eigenvalue weighted by Crippen LogP contribution is 2.07. The van der Waals surface area contributed by atoms with Crippen molar-refractivity contribution in [3.05, 3.63) is 59.9 Å². The Morgan fingerprint density at radius 3 is 2.27 bits per heavy atom. The first-order valence-electron chi connectivity index (χ1n) is 7.29. The van der Waals surface area contributed by atoms with E-state index < -0.39 is 0 Å². The van der Waals surface area contributed by atoms with Gasteiger partial charge in [0.05, 0.1) is 6.21 Å². The Balaban J connectivity index is 0.000000289. The van der Waals surface area contributed by atoms with Crippen LogP contribution in [0.5, 0.6) is 0 Å². The van der Waals surface area contributed by atoms with Crippen molar-refractivity contribution in [2.24, 2.45) is 16.7 Å². The van der Waals surface area contributed by atoms with Crippen molar-refractivity contribution in [3.63, 3.8) is 0 Å². The first kappa shape index (κ1) is 20.7. The maximum Gasteiger partial charge on any atom is 0.265 e. The third-order valence-electron chi connectivity index (χ3n) is 2.69. The fraction of sp³-hybridized carbons (Fsp3) is 0.0625. The van der Waals surface area contributed by atoms with E-state index in [1.54, 1.807) is 30.5 Å². The summed E-state index contributed by atoms with van der Waals surface area (Å²) in [6, 6.07) is 10.4. The van der Waals surface area contributed by atoms with E-state index in [4.69, 9.17) is 11.6 Å². The molecule has 10 heteroatoms. The second-order valence-corrected chi connectivity index (χ2v) is 5.19. The smallest absolute Gasteiger partial charge is 0.265 e. The molecule has 2 amide bonds. The number of benzene rings is 1. The van der Waals surface area contributed by atoms with Crippen LogP contribution in [0, 0.1) is 0 Å². The predicted molar refractivity (Wildman–Crippen MR) is 104 cm³/mol. The number of hydrazone groups is 1. The molecule has 0 aliphatic heterocycles. The summed E-state index contributed by atoms with van der Waals surface area (Å²) in [5.41, 5.74) is 11.8. The number of hydrazine groups is 1. The van der Waals surface area contributed by atoms with Crippen LogP contribution in [0.25, 0.3) is 0 Å². The minimum Gasteiger partial charge on any atom is -0.375 e. The predicted octanol–water partition coefficient (Wildman–Crippen LogP) is 0.497. The molecule has 0 fully saturated rings. The normalized spacial score (nSPS) is 9.62. The van der Waals surface area contributed by atoms with Gasteiger partial charge in [-0.25, -0.2) is 5.84 Å². The SMILES string of the molecule is CC(=O)Nc1ccc(/C=N/NC(N)=S)cc1.NNC(=O)c1ccncc1.